The molecule has 1 saturated heterocycles. The normalized spacial score (nSPS) is 24.8. The fourth-order valence-corrected chi connectivity index (χ4v) is 3.99. The molecule has 1 aromatic heterocycles. The first-order chi connectivity index (χ1) is 13.5. The minimum Gasteiger partial charge on any atom is -0.384 e. The van der Waals surface area contributed by atoms with E-state index < -0.39 is 5.91 Å². The van der Waals surface area contributed by atoms with Gasteiger partial charge in [-0.3, -0.25) is 9.59 Å². The van der Waals surface area contributed by atoms with Crippen molar-refractivity contribution in [3.8, 4) is 0 Å². The van der Waals surface area contributed by atoms with Crippen molar-refractivity contribution in [2.45, 2.75) is 51.1 Å². The Labute approximate surface area is 165 Å². The van der Waals surface area contributed by atoms with Crippen molar-refractivity contribution in [2.75, 3.05) is 37.4 Å². The zero-order valence-corrected chi connectivity index (χ0v) is 16.6. The van der Waals surface area contributed by atoms with Gasteiger partial charge in [0.2, 0.25) is 11.9 Å². The second-order valence-corrected chi connectivity index (χ2v) is 7.73. The lowest BCUT2D eigenvalue weighted by atomic mass is 9.86. The van der Waals surface area contributed by atoms with Crippen LogP contribution in [-0.4, -0.2) is 65.6 Å². The molecule has 2 heterocycles. The van der Waals surface area contributed by atoms with Crippen LogP contribution in [0.4, 0.5) is 11.8 Å². The van der Waals surface area contributed by atoms with E-state index in [1.54, 1.807) is 18.9 Å². The number of carbonyl (C=O) groups is 2. The summed E-state index contributed by atoms with van der Waals surface area (Å²) in [6.45, 7) is 3.72. The van der Waals surface area contributed by atoms with E-state index in [-0.39, 0.29) is 18.0 Å². The van der Waals surface area contributed by atoms with Crippen LogP contribution in [-0.2, 0) is 9.53 Å². The van der Waals surface area contributed by atoms with Gasteiger partial charge in [-0.15, -0.1) is 0 Å². The maximum absolute atomic E-state index is 11.8. The van der Waals surface area contributed by atoms with Crippen molar-refractivity contribution in [3.63, 3.8) is 0 Å². The van der Waals surface area contributed by atoms with Gasteiger partial charge in [-0.25, -0.2) is 4.98 Å². The summed E-state index contributed by atoms with van der Waals surface area (Å²) in [6, 6.07) is 0.342. The second-order valence-electron chi connectivity index (χ2n) is 7.73. The Kier molecular flexibility index (Phi) is 6.66. The molecule has 1 aromatic rings. The summed E-state index contributed by atoms with van der Waals surface area (Å²) >= 11 is 0. The van der Waals surface area contributed by atoms with Crippen LogP contribution < -0.4 is 16.4 Å². The molecule has 0 unspecified atom stereocenters. The van der Waals surface area contributed by atoms with E-state index in [2.05, 4.69) is 20.6 Å². The topological polar surface area (TPSA) is 122 Å². The van der Waals surface area contributed by atoms with Crippen LogP contribution in [0.2, 0.25) is 0 Å². The molecule has 0 radical (unpaired) electrons. The smallest absolute Gasteiger partial charge is 0.254 e. The largest absolute Gasteiger partial charge is 0.384 e. The van der Waals surface area contributed by atoms with Gasteiger partial charge in [0.25, 0.3) is 5.91 Å². The Morgan fingerprint density at radius 2 is 1.96 bits per heavy atom. The number of primary amides is 1. The number of likely N-dealkylation sites (tertiary alicyclic amines) is 1. The number of methoxy groups -OCH3 is 1. The highest BCUT2D eigenvalue weighted by molar-refractivity contribution is 5.97. The first-order valence-corrected chi connectivity index (χ1v) is 9.90. The number of nitrogens with one attached hydrogen (secondary N) is 2. The van der Waals surface area contributed by atoms with Crippen molar-refractivity contribution in [1.82, 2.24) is 14.9 Å². The summed E-state index contributed by atoms with van der Waals surface area (Å²) in [6.07, 6.45) is 6.46. The molecule has 1 atom stereocenters. The van der Waals surface area contributed by atoms with Crippen molar-refractivity contribution in [1.29, 1.82) is 0 Å². The van der Waals surface area contributed by atoms with Crippen molar-refractivity contribution in [3.05, 3.63) is 11.8 Å². The van der Waals surface area contributed by atoms with Crippen LogP contribution in [0.15, 0.2) is 6.20 Å². The number of nitrogens with zero attached hydrogens (tertiary/aromatic N) is 3. The zero-order chi connectivity index (χ0) is 20.1. The number of carbonyl (C=O) groups excluding carboxylic acids is 2. The predicted octanol–water partition coefficient (Wildman–Crippen LogP) is 1.23. The molecule has 3 rings (SSSR count). The van der Waals surface area contributed by atoms with E-state index in [1.165, 1.54) is 6.20 Å². The summed E-state index contributed by atoms with van der Waals surface area (Å²) in [5.74, 6) is 1.02. The molecule has 9 heteroatoms. The van der Waals surface area contributed by atoms with Gasteiger partial charge in [0.1, 0.15) is 5.82 Å². The number of anilines is 2. The summed E-state index contributed by atoms with van der Waals surface area (Å²) in [7, 11) is 1.73. The van der Waals surface area contributed by atoms with Crippen LogP contribution in [0.1, 0.15) is 49.4 Å². The Balaban J connectivity index is 1.65. The molecule has 9 nitrogen and oxygen atoms in total. The molecular formula is C19H30N6O3. The van der Waals surface area contributed by atoms with E-state index in [1.807, 2.05) is 0 Å². The molecular weight excluding hydrogens is 360 g/mol. The average Bonchev–Trinajstić information content (AvgIpc) is 3.12. The number of hydrogen-bond acceptors (Lipinski definition) is 7. The highest BCUT2D eigenvalue weighted by atomic mass is 16.5. The first kappa shape index (κ1) is 20.3. The molecule has 2 amide bonds. The minimum atomic E-state index is -0.550. The third kappa shape index (κ3) is 5.09. The number of ether oxygens (including phenoxy) is 1. The monoisotopic (exact) mass is 390 g/mol. The molecule has 0 aromatic carbocycles. The van der Waals surface area contributed by atoms with E-state index in [0.717, 1.165) is 45.3 Å². The molecule has 154 valence electrons. The van der Waals surface area contributed by atoms with Gasteiger partial charge in [-0.2, -0.15) is 4.98 Å². The van der Waals surface area contributed by atoms with Gasteiger partial charge < -0.3 is 26.0 Å². The highest BCUT2D eigenvalue weighted by Gasteiger charge is 2.26. The molecule has 0 spiro atoms. The lowest BCUT2D eigenvalue weighted by molar-refractivity contribution is -0.127. The Bertz CT molecular complexity index is 705. The molecule has 28 heavy (non-hydrogen) atoms. The zero-order valence-electron chi connectivity index (χ0n) is 16.6. The van der Waals surface area contributed by atoms with Crippen molar-refractivity contribution >= 4 is 23.6 Å². The van der Waals surface area contributed by atoms with Gasteiger partial charge in [-0.05, 0) is 38.0 Å². The van der Waals surface area contributed by atoms with Gasteiger partial charge in [0.05, 0.1) is 5.56 Å². The van der Waals surface area contributed by atoms with Crippen LogP contribution in [0.5, 0.6) is 0 Å². The van der Waals surface area contributed by atoms with E-state index >= 15 is 0 Å². The van der Waals surface area contributed by atoms with E-state index in [4.69, 9.17) is 10.5 Å². The molecule has 1 aliphatic heterocycles. The third-order valence-corrected chi connectivity index (χ3v) is 5.61. The second kappa shape index (κ2) is 9.18. The summed E-state index contributed by atoms with van der Waals surface area (Å²) in [5, 5.41) is 6.66. The summed E-state index contributed by atoms with van der Waals surface area (Å²) in [4.78, 5) is 33.9. The number of aromatic nitrogens is 2. The quantitative estimate of drug-likeness (QED) is 0.640. The molecule has 1 aliphatic carbocycles. The van der Waals surface area contributed by atoms with E-state index in [9.17, 15) is 9.59 Å². The lowest BCUT2D eigenvalue weighted by Crippen LogP contribution is -2.31. The molecule has 4 N–H and O–H groups in total. The Morgan fingerprint density at radius 1 is 1.21 bits per heavy atom. The van der Waals surface area contributed by atoms with Crippen molar-refractivity contribution < 1.29 is 14.3 Å². The SMILES string of the molecule is COCC1CCC(Nc2nc(N[C@H]3CCN(C(C)=O)C3)ncc2C(N)=O)CC1. The Morgan fingerprint density at radius 3 is 2.57 bits per heavy atom. The maximum Gasteiger partial charge on any atom is 0.254 e. The number of nitrogens with two attached hydrogens (primary N) is 1. The first-order valence-electron chi connectivity index (χ1n) is 9.90. The fraction of sp³-hybridized carbons (Fsp3) is 0.684. The Hall–Kier alpha value is -2.42. The number of amides is 2. The number of rotatable bonds is 7. The third-order valence-electron chi connectivity index (χ3n) is 5.61. The summed E-state index contributed by atoms with van der Waals surface area (Å²) < 4.78 is 5.25. The maximum atomic E-state index is 11.8. The van der Waals surface area contributed by atoms with Crippen LogP contribution in [0.3, 0.4) is 0 Å². The molecule has 2 aliphatic rings. The predicted molar refractivity (Wildman–Crippen MR) is 106 cm³/mol. The average molecular weight is 390 g/mol. The van der Waals surface area contributed by atoms with Crippen LogP contribution in [0, 0.1) is 5.92 Å². The standard InChI is InChI=1S/C19H30N6O3/c1-12(26)25-8-7-15(10-25)23-19-21-9-16(17(20)27)18(24-19)22-14-5-3-13(4-6-14)11-28-2/h9,13-15H,3-8,10-11H2,1-2H3,(H2,20,27)(H2,21,22,23,24)/t13?,14?,15-/m0/s1. The number of hydrogen-bond donors (Lipinski definition) is 3. The van der Waals surface area contributed by atoms with Crippen LogP contribution in [0.25, 0.3) is 0 Å². The lowest BCUT2D eigenvalue weighted by Gasteiger charge is -2.29. The van der Waals surface area contributed by atoms with Gasteiger partial charge in [-0.1, -0.05) is 0 Å². The fourth-order valence-electron chi connectivity index (χ4n) is 3.99. The minimum absolute atomic E-state index is 0.0701. The summed E-state index contributed by atoms with van der Waals surface area (Å²) in [5.41, 5.74) is 5.80. The highest BCUT2D eigenvalue weighted by Crippen LogP contribution is 2.27. The van der Waals surface area contributed by atoms with Crippen LogP contribution >= 0.6 is 0 Å². The van der Waals surface area contributed by atoms with Gasteiger partial charge >= 0.3 is 0 Å². The van der Waals surface area contributed by atoms with Crippen molar-refractivity contribution in [2.24, 2.45) is 11.7 Å². The van der Waals surface area contributed by atoms with Gasteiger partial charge in [0.15, 0.2) is 0 Å². The van der Waals surface area contributed by atoms with Gasteiger partial charge in [0, 0.05) is 52.0 Å². The molecule has 2 fully saturated rings. The molecule has 1 saturated carbocycles. The molecule has 0 bridgehead atoms. The van der Waals surface area contributed by atoms with E-state index in [0.29, 0.717) is 29.8 Å².